The molecule has 1 aromatic carbocycles. The molecule has 0 radical (unpaired) electrons. The van der Waals surface area contributed by atoms with Crippen LogP contribution in [0, 0.1) is 17.3 Å². The first kappa shape index (κ1) is 15.9. The number of carboxylic acids is 1. The molecule has 2 aliphatic rings. The van der Waals surface area contributed by atoms with E-state index in [2.05, 4.69) is 4.74 Å². The van der Waals surface area contributed by atoms with Gasteiger partial charge in [0.25, 0.3) is 0 Å². The van der Waals surface area contributed by atoms with Crippen molar-refractivity contribution in [2.24, 2.45) is 17.3 Å². The van der Waals surface area contributed by atoms with Crippen molar-refractivity contribution in [3.05, 3.63) is 42.0 Å². The van der Waals surface area contributed by atoms with Gasteiger partial charge in [0.1, 0.15) is 5.75 Å². The zero-order chi connectivity index (χ0) is 16.8. The molecule has 23 heavy (non-hydrogen) atoms. The Morgan fingerprint density at radius 2 is 2.17 bits per heavy atom. The van der Waals surface area contributed by atoms with Gasteiger partial charge in [-0.15, -0.1) is 13.2 Å². The van der Waals surface area contributed by atoms with Gasteiger partial charge in [0.05, 0.1) is 5.92 Å². The van der Waals surface area contributed by atoms with E-state index in [0.717, 1.165) is 6.42 Å². The largest absolute Gasteiger partial charge is 0.573 e. The first-order valence-corrected chi connectivity index (χ1v) is 7.53. The summed E-state index contributed by atoms with van der Waals surface area (Å²) in [5.74, 6) is -2.11. The van der Waals surface area contributed by atoms with E-state index in [9.17, 15) is 23.1 Å². The Kier molecular flexibility index (Phi) is 3.65. The molecule has 6 heteroatoms. The van der Waals surface area contributed by atoms with Crippen molar-refractivity contribution in [2.45, 2.75) is 32.0 Å². The number of alkyl halides is 3. The molecular formula is C17H17F3O3. The van der Waals surface area contributed by atoms with Crippen molar-refractivity contribution in [3.8, 4) is 5.75 Å². The second-order valence-corrected chi connectivity index (χ2v) is 6.28. The minimum absolute atomic E-state index is 0.0391. The zero-order valence-electron chi connectivity index (χ0n) is 12.5. The van der Waals surface area contributed by atoms with Gasteiger partial charge in [-0.05, 0) is 36.5 Å². The van der Waals surface area contributed by atoms with Crippen LogP contribution >= 0.6 is 0 Å². The van der Waals surface area contributed by atoms with Crippen LogP contribution in [-0.4, -0.2) is 17.4 Å². The van der Waals surface area contributed by atoms with Crippen LogP contribution in [0.5, 0.6) is 5.75 Å². The average molecular weight is 326 g/mol. The summed E-state index contributed by atoms with van der Waals surface area (Å²) in [6, 6.07) is 5.70. The summed E-state index contributed by atoms with van der Waals surface area (Å²) >= 11 is 0. The Morgan fingerprint density at radius 3 is 2.78 bits per heavy atom. The van der Waals surface area contributed by atoms with Crippen LogP contribution in [0.2, 0.25) is 0 Å². The van der Waals surface area contributed by atoms with E-state index in [1.807, 2.05) is 19.1 Å². The fourth-order valence-electron chi connectivity index (χ4n) is 4.21. The smallest absolute Gasteiger partial charge is 0.481 e. The summed E-state index contributed by atoms with van der Waals surface area (Å²) in [6.07, 6.45) is 0.652. The van der Waals surface area contributed by atoms with Crippen molar-refractivity contribution in [3.63, 3.8) is 0 Å². The van der Waals surface area contributed by atoms with Crippen LogP contribution in [-0.2, 0) is 4.79 Å². The lowest BCUT2D eigenvalue weighted by atomic mass is 9.70. The monoisotopic (exact) mass is 326 g/mol. The van der Waals surface area contributed by atoms with E-state index in [-0.39, 0.29) is 17.6 Å². The summed E-state index contributed by atoms with van der Waals surface area (Å²) in [7, 11) is 0. The van der Waals surface area contributed by atoms with Crippen molar-refractivity contribution >= 4 is 5.97 Å². The molecule has 0 aromatic heterocycles. The third-order valence-electron chi connectivity index (χ3n) is 5.13. The lowest BCUT2D eigenvalue weighted by Gasteiger charge is -2.33. The topological polar surface area (TPSA) is 46.5 Å². The van der Waals surface area contributed by atoms with Gasteiger partial charge in [-0.2, -0.15) is 0 Å². The van der Waals surface area contributed by atoms with Crippen molar-refractivity contribution in [1.29, 1.82) is 0 Å². The highest BCUT2D eigenvalue weighted by Gasteiger charge is 2.57. The molecule has 4 atom stereocenters. The Labute approximate surface area is 131 Å². The average Bonchev–Trinajstić information content (AvgIpc) is 3.02. The van der Waals surface area contributed by atoms with Crippen LogP contribution in [0.1, 0.15) is 31.2 Å². The summed E-state index contributed by atoms with van der Waals surface area (Å²) in [5, 5.41) is 9.67. The standard InChI is InChI=1S/C17H17F3O3/c1-2-16-7-6-11(9-16)13(14(16)15(21)22)10-4-3-5-12(8-10)23-17(18,19)20/h3-8,11,13-14H,2,9H2,1H3,(H,21,22). The Balaban J connectivity index is 1.97. The molecule has 2 bridgehead atoms. The van der Waals surface area contributed by atoms with Gasteiger partial charge in [-0.25, -0.2) is 0 Å². The molecule has 124 valence electrons. The lowest BCUT2D eigenvalue weighted by Crippen LogP contribution is -2.33. The number of fused-ring (bicyclic) bond motifs is 2. The molecule has 0 aliphatic heterocycles. The molecule has 0 saturated heterocycles. The van der Waals surface area contributed by atoms with E-state index in [0.29, 0.717) is 12.0 Å². The van der Waals surface area contributed by atoms with E-state index in [4.69, 9.17) is 0 Å². The van der Waals surface area contributed by atoms with E-state index in [1.165, 1.54) is 18.2 Å². The number of hydrogen-bond acceptors (Lipinski definition) is 2. The highest BCUT2D eigenvalue weighted by molar-refractivity contribution is 5.75. The van der Waals surface area contributed by atoms with Gasteiger partial charge in [0, 0.05) is 11.3 Å². The number of allylic oxidation sites excluding steroid dienone is 2. The predicted molar refractivity (Wildman–Crippen MR) is 77.0 cm³/mol. The molecule has 4 unspecified atom stereocenters. The Bertz CT molecular complexity index is 653. The van der Waals surface area contributed by atoms with Crippen LogP contribution in [0.25, 0.3) is 0 Å². The molecule has 0 spiro atoms. The quantitative estimate of drug-likeness (QED) is 0.837. The van der Waals surface area contributed by atoms with Crippen molar-refractivity contribution in [2.75, 3.05) is 0 Å². The summed E-state index contributed by atoms with van der Waals surface area (Å²) in [5.41, 5.74) is 0.186. The normalized spacial score (nSPS) is 32.3. The fraction of sp³-hybridized carbons (Fsp3) is 0.471. The maximum atomic E-state index is 12.4. The third kappa shape index (κ3) is 2.71. The predicted octanol–water partition coefficient (Wildman–Crippen LogP) is 4.36. The van der Waals surface area contributed by atoms with Gasteiger partial charge in [-0.3, -0.25) is 4.79 Å². The Morgan fingerprint density at radius 1 is 1.43 bits per heavy atom. The summed E-state index contributed by atoms with van der Waals surface area (Å²) in [4.78, 5) is 11.8. The van der Waals surface area contributed by atoms with E-state index >= 15 is 0 Å². The van der Waals surface area contributed by atoms with Crippen LogP contribution in [0.15, 0.2) is 36.4 Å². The molecule has 3 rings (SSSR count). The van der Waals surface area contributed by atoms with Crippen LogP contribution in [0.4, 0.5) is 13.2 Å². The summed E-state index contributed by atoms with van der Waals surface area (Å²) in [6.45, 7) is 1.95. The first-order valence-electron chi connectivity index (χ1n) is 7.53. The molecule has 1 aromatic rings. The number of halogens is 3. The molecule has 1 N–H and O–H groups in total. The van der Waals surface area contributed by atoms with Gasteiger partial charge in [0.2, 0.25) is 0 Å². The van der Waals surface area contributed by atoms with Gasteiger partial charge < -0.3 is 9.84 Å². The van der Waals surface area contributed by atoms with E-state index < -0.39 is 23.7 Å². The van der Waals surface area contributed by atoms with Crippen LogP contribution < -0.4 is 4.74 Å². The minimum atomic E-state index is -4.76. The zero-order valence-corrected chi connectivity index (χ0v) is 12.5. The molecule has 0 heterocycles. The number of carboxylic acid groups (broad SMARTS) is 1. The molecular weight excluding hydrogens is 309 g/mol. The number of hydrogen-bond donors (Lipinski definition) is 1. The first-order chi connectivity index (χ1) is 10.8. The highest BCUT2D eigenvalue weighted by atomic mass is 19.4. The molecule has 1 saturated carbocycles. The maximum absolute atomic E-state index is 12.4. The van der Waals surface area contributed by atoms with Gasteiger partial charge in [-0.1, -0.05) is 31.2 Å². The number of ether oxygens (including phenoxy) is 1. The highest BCUT2D eigenvalue weighted by Crippen LogP contribution is 2.61. The molecule has 3 nitrogen and oxygen atoms in total. The lowest BCUT2D eigenvalue weighted by molar-refractivity contribution is -0.274. The fourth-order valence-corrected chi connectivity index (χ4v) is 4.21. The van der Waals surface area contributed by atoms with E-state index in [1.54, 1.807) is 6.07 Å². The number of aliphatic carboxylic acids is 1. The maximum Gasteiger partial charge on any atom is 0.573 e. The van der Waals surface area contributed by atoms with Crippen LogP contribution in [0.3, 0.4) is 0 Å². The second-order valence-electron chi connectivity index (χ2n) is 6.28. The Hall–Kier alpha value is -1.98. The van der Waals surface area contributed by atoms with Gasteiger partial charge in [0.15, 0.2) is 0 Å². The molecule has 2 aliphatic carbocycles. The van der Waals surface area contributed by atoms with Crippen molar-refractivity contribution < 1.29 is 27.8 Å². The number of carbonyl (C=O) groups is 1. The second kappa shape index (κ2) is 5.28. The number of rotatable bonds is 4. The van der Waals surface area contributed by atoms with Gasteiger partial charge >= 0.3 is 12.3 Å². The molecule has 0 amide bonds. The minimum Gasteiger partial charge on any atom is -0.481 e. The SMILES string of the molecule is CCC12C=CC(C1)C(c1cccc(OC(F)(F)F)c1)C2C(=O)O. The third-order valence-corrected chi connectivity index (χ3v) is 5.13. The molecule has 1 fully saturated rings. The van der Waals surface area contributed by atoms with Crippen molar-refractivity contribution in [1.82, 2.24) is 0 Å². The number of benzene rings is 1. The summed E-state index contributed by atoms with van der Waals surface area (Å²) < 4.78 is 41.1.